The van der Waals surface area contributed by atoms with Gasteiger partial charge >= 0.3 is 0 Å². The van der Waals surface area contributed by atoms with Crippen molar-refractivity contribution < 1.29 is 17.9 Å². The summed E-state index contributed by atoms with van der Waals surface area (Å²) >= 11 is 0. The summed E-state index contributed by atoms with van der Waals surface area (Å²) in [7, 11) is -3.36. The topological polar surface area (TPSA) is 54.4 Å². The van der Waals surface area contributed by atoms with E-state index >= 15 is 0 Å². The Morgan fingerprint density at radius 3 is 2.50 bits per heavy atom. The van der Waals surface area contributed by atoms with Crippen molar-refractivity contribution in [2.75, 3.05) is 12.9 Å². The summed E-state index contributed by atoms with van der Waals surface area (Å²) < 4.78 is 35.3. The van der Waals surface area contributed by atoms with E-state index in [1.165, 1.54) is 12.1 Å². The standard InChI is InChI=1S/C9H11FO3S/c1-14(12,13)8-3-2-7(4-5-11)9(10)6-8/h2-3,6,11H,4-5H2,1H3. The quantitative estimate of drug-likeness (QED) is 0.815. The molecule has 0 aromatic heterocycles. The summed E-state index contributed by atoms with van der Waals surface area (Å²) in [5, 5.41) is 8.59. The lowest BCUT2D eigenvalue weighted by Crippen LogP contribution is -2.01. The molecule has 0 aliphatic carbocycles. The van der Waals surface area contributed by atoms with E-state index in [-0.39, 0.29) is 17.9 Å². The zero-order chi connectivity index (χ0) is 10.8. The van der Waals surface area contributed by atoms with Crippen molar-refractivity contribution in [3.05, 3.63) is 29.6 Å². The number of halogens is 1. The summed E-state index contributed by atoms with van der Waals surface area (Å²) in [4.78, 5) is -0.0447. The van der Waals surface area contributed by atoms with Crippen LogP contribution >= 0.6 is 0 Å². The fourth-order valence-electron chi connectivity index (χ4n) is 1.08. The highest BCUT2D eigenvalue weighted by molar-refractivity contribution is 7.90. The molecular formula is C9H11FO3S. The maximum atomic E-state index is 13.2. The molecule has 1 N–H and O–H groups in total. The molecule has 1 aromatic rings. The molecule has 0 amide bonds. The Bertz CT molecular complexity index is 426. The fourth-order valence-corrected chi connectivity index (χ4v) is 1.71. The Balaban J connectivity index is 3.13. The fraction of sp³-hybridized carbons (Fsp3) is 0.333. The largest absolute Gasteiger partial charge is 0.396 e. The van der Waals surface area contributed by atoms with Gasteiger partial charge in [-0.2, -0.15) is 0 Å². The second-order valence-electron chi connectivity index (χ2n) is 3.00. The van der Waals surface area contributed by atoms with E-state index in [1.807, 2.05) is 0 Å². The van der Waals surface area contributed by atoms with Gasteiger partial charge in [-0.1, -0.05) is 6.07 Å². The number of hydrogen-bond donors (Lipinski definition) is 1. The van der Waals surface area contributed by atoms with Crippen LogP contribution in [0.15, 0.2) is 23.1 Å². The molecule has 0 saturated heterocycles. The van der Waals surface area contributed by atoms with Crippen LogP contribution in [0, 0.1) is 5.82 Å². The van der Waals surface area contributed by atoms with Crippen molar-refractivity contribution >= 4 is 9.84 Å². The third kappa shape index (κ3) is 2.52. The van der Waals surface area contributed by atoms with Crippen LogP contribution in [0.3, 0.4) is 0 Å². The van der Waals surface area contributed by atoms with Crippen LogP contribution in [0.1, 0.15) is 5.56 Å². The monoisotopic (exact) mass is 218 g/mol. The van der Waals surface area contributed by atoms with Gasteiger partial charge in [0, 0.05) is 12.9 Å². The zero-order valence-electron chi connectivity index (χ0n) is 7.70. The van der Waals surface area contributed by atoms with E-state index in [4.69, 9.17) is 5.11 Å². The first-order chi connectivity index (χ1) is 6.45. The van der Waals surface area contributed by atoms with Gasteiger partial charge in [-0.3, -0.25) is 0 Å². The molecule has 1 aromatic carbocycles. The molecule has 5 heteroatoms. The maximum Gasteiger partial charge on any atom is 0.175 e. The van der Waals surface area contributed by atoms with Crippen LogP contribution in [-0.4, -0.2) is 26.4 Å². The first kappa shape index (κ1) is 11.1. The first-order valence-corrected chi connectivity index (χ1v) is 5.93. The SMILES string of the molecule is CS(=O)(=O)c1ccc(CCO)c(F)c1. The highest BCUT2D eigenvalue weighted by Gasteiger charge is 2.10. The number of sulfone groups is 1. The molecule has 0 heterocycles. The highest BCUT2D eigenvalue weighted by atomic mass is 32.2. The smallest absolute Gasteiger partial charge is 0.175 e. The Morgan fingerprint density at radius 1 is 1.43 bits per heavy atom. The average Bonchev–Trinajstić information content (AvgIpc) is 2.07. The summed E-state index contributed by atoms with van der Waals surface area (Å²) in [5.74, 6) is -0.595. The molecule has 0 unspecified atom stereocenters. The van der Waals surface area contributed by atoms with Crippen molar-refractivity contribution in [2.24, 2.45) is 0 Å². The van der Waals surface area contributed by atoms with E-state index in [2.05, 4.69) is 0 Å². The van der Waals surface area contributed by atoms with Crippen LogP contribution in [0.5, 0.6) is 0 Å². The van der Waals surface area contributed by atoms with Crippen LogP contribution < -0.4 is 0 Å². The Labute approximate surface area is 82.1 Å². The van der Waals surface area contributed by atoms with Gasteiger partial charge in [0.25, 0.3) is 0 Å². The van der Waals surface area contributed by atoms with Gasteiger partial charge in [-0.05, 0) is 24.1 Å². The van der Waals surface area contributed by atoms with Gasteiger partial charge in [-0.25, -0.2) is 12.8 Å². The Kier molecular flexibility index (Phi) is 3.23. The molecule has 3 nitrogen and oxygen atoms in total. The molecule has 14 heavy (non-hydrogen) atoms. The molecule has 0 fully saturated rings. The zero-order valence-corrected chi connectivity index (χ0v) is 8.51. The molecule has 1 rings (SSSR count). The molecule has 0 bridgehead atoms. The van der Waals surface area contributed by atoms with Gasteiger partial charge in [0.2, 0.25) is 0 Å². The molecular weight excluding hydrogens is 207 g/mol. The normalized spacial score (nSPS) is 11.6. The van der Waals surface area contributed by atoms with Crippen molar-refractivity contribution in [2.45, 2.75) is 11.3 Å². The maximum absolute atomic E-state index is 13.2. The predicted octanol–water partition coefficient (Wildman–Crippen LogP) is 0.764. The van der Waals surface area contributed by atoms with Gasteiger partial charge in [0.05, 0.1) is 4.90 Å². The van der Waals surface area contributed by atoms with Gasteiger partial charge in [0.15, 0.2) is 9.84 Å². The van der Waals surface area contributed by atoms with Gasteiger partial charge in [-0.15, -0.1) is 0 Å². The van der Waals surface area contributed by atoms with Gasteiger partial charge in [0.1, 0.15) is 5.82 Å². The van der Waals surface area contributed by atoms with Crippen molar-refractivity contribution in [1.82, 2.24) is 0 Å². The number of aliphatic hydroxyl groups excluding tert-OH is 1. The lowest BCUT2D eigenvalue weighted by Gasteiger charge is -2.03. The first-order valence-electron chi connectivity index (χ1n) is 4.04. The second kappa shape index (κ2) is 4.06. The summed E-state index contributed by atoms with van der Waals surface area (Å²) in [5.41, 5.74) is 0.319. The molecule has 0 spiro atoms. The predicted molar refractivity (Wildman–Crippen MR) is 50.3 cm³/mol. The van der Waals surface area contributed by atoms with E-state index in [9.17, 15) is 12.8 Å². The van der Waals surface area contributed by atoms with Crippen molar-refractivity contribution in [3.8, 4) is 0 Å². The number of hydrogen-bond acceptors (Lipinski definition) is 3. The minimum absolute atomic E-state index is 0.0447. The van der Waals surface area contributed by atoms with Crippen LogP contribution in [0.25, 0.3) is 0 Å². The summed E-state index contributed by atoms with van der Waals surface area (Å²) in [6.45, 7) is -0.158. The van der Waals surface area contributed by atoms with Crippen molar-refractivity contribution in [1.29, 1.82) is 0 Å². The van der Waals surface area contributed by atoms with E-state index < -0.39 is 15.7 Å². The molecule has 0 radical (unpaired) electrons. The number of rotatable bonds is 3. The van der Waals surface area contributed by atoms with Crippen LogP contribution in [0.2, 0.25) is 0 Å². The minimum Gasteiger partial charge on any atom is -0.396 e. The average molecular weight is 218 g/mol. The third-order valence-corrected chi connectivity index (χ3v) is 2.94. The third-order valence-electron chi connectivity index (χ3n) is 1.83. The molecule has 0 aliphatic heterocycles. The molecule has 0 atom stereocenters. The lowest BCUT2D eigenvalue weighted by atomic mass is 10.1. The second-order valence-corrected chi connectivity index (χ2v) is 5.01. The lowest BCUT2D eigenvalue weighted by molar-refractivity contribution is 0.297. The molecule has 78 valence electrons. The summed E-state index contributed by atoms with van der Waals surface area (Å²) in [6, 6.07) is 3.69. The van der Waals surface area contributed by atoms with E-state index in [1.54, 1.807) is 0 Å². The van der Waals surface area contributed by atoms with Crippen LogP contribution in [-0.2, 0) is 16.3 Å². The van der Waals surface area contributed by atoms with Crippen molar-refractivity contribution in [3.63, 3.8) is 0 Å². The van der Waals surface area contributed by atoms with E-state index in [0.717, 1.165) is 12.3 Å². The Morgan fingerprint density at radius 2 is 2.07 bits per heavy atom. The summed E-state index contributed by atoms with van der Waals surface area (Å²) in [6.07, 6.45) is 1.21. The van der Waals surface area contributed by atoms with Gasteiger partial charge < -0.3 is 5.11 Å². The van der Waals surface area contributed by atoms with Crippen LogP contribution in [0.4, 0.5) is 4.39 Å². The highest BCUT2D eigenvalue weighted by Crippen LogP contribution is 2.14. The Hall–Kier alpha value is -0.940. The number of aliphatic hydroxyl groups is 1. The molecule has 0 aliphatic rings. The molecule has 0 saturated carbocycles. The van der Waals surface area contributed by atoms with E-state index in [0.29, 0.717) is 5.56 Å². The number of benzene rings is 1. The minimum atomic E-state index is -3.36.